The molecule has 0 aliphatic carbocycles. The van der Waals surface area contributed by atoms with Gasteiger partial charge in [0, 0.05) is 55.3 Å². The van der Waals surface area contributed by atoms with E-state index in [0.717, 1.165) is 6.07 Å². The van der Waals surface area contributed by atoms with Gasteiger partial charge in [-0.15, -0.1) is 0 Å². The number of amides is 1. The van der Waals surface area contributed by atoms with Crippen molar-refractivity contribution in [1.82, 2.24) is 14.9 Å². The number of aromatic nitrogens is 2. The molecule has 3 heterocycles. The molecule has 11 heteroatoms. The lowest BCUT2D eigenvalue weighted by Gasteiger charge is -2.45. The zero-order valence-electron chi connectivity index (χ0n) is 20.5. The van der Waals surface area contributed by atoms with Crippen LogP contribution in [0.2, 0.25) is 5.02 Å². The summed E-state index contributed by atoms with van der Waals surface area (Å²) in [5.74, 6) is -1.53. The molecular formula is C26H27ClF2N6O2. The molecule has 0 bridgehead atoms. The number of rotatable bonds is 4. The molecule has 37 heavy (non-hydrogen) atoms. The van der Waals surface area contributed by atoms with Gasteiger partial charge in [-0.25, -0.2) is 13.8 Å². The Morgan fingerprint density at radius 3 is 2.54 bits per heavy atom. The van der Waals surface area contributed by atoms with Crippen molar-refractivity contribution in [2.24, 2.45) is 5.73 Å². The van der Waals surface area contributed by atoms with Crippen molar-refractivity contribution < 1.29 is 18.7 Å². The summed E-state index contributed by atoms with van der Waals surface area (Å²) in [6, 6.07) is 4.84. The highest BCUT2D eigenvalue weighted by Crippen LogP contribution is 2.43. The molecule has 0 unspecified atom stereocenters. The maximum Gasteiger partial charge on any atom is 0.246 e. The molecule has 2 fully saturated rings. The highest BCUT2D eigenvalue weighted by atomic mass is 35.5. The maximum absolute atomic E-state index is 16.2. The minimum Gasteiger partial charge on any atom is -0.507 e. The second-order valence-electron chi connectivity index (χ2n) is 9.63. The van der Waals surface area contributed by atoms with Crippen molar-refractivity contribution in [1.29, 1.82) is 0 Å². The third kappa shape index (κ3) is 4.23. The number of phenols is 1. The summed E-state index contributed by atoms with van der Waals surface area (Å²) in [6.07, 6.45) is 1.29. The molecule has 194 valence electrons. The van der Waals surface area contributed by atoms with E-state index in [-0.39, 0.29) is 45.7 Å². The predicted octanol–water partition coefficient (Wildman–Crippen LogP) is 3.69. The topological polar surface area (TPSA) is 98.8 Å². The summed E-state index contributed by atoms with van der Waals surface area (Å²) >= 11 is 6.52. The molecule has 3 N–H and O–H groups in total. The van der Waals surface area contributed by atoms with Gasteiger partial charge in [0.15, 0.2) is 5.82 Å². The quantitative estimate of drug-likeness (QED) is 0.498. The average Bonchev–Trinajstić information content (AvgIpc) is 2.84. The van der Waals surface area contributed by atoms with Crippen molar-refractivity contribution in [3.8, 4) is 16.9 Å². The van der Waals surface area contributed by atoms with Gasteiger partial charge in [0.05, 0.1) is 10.6 Å². The molecule has 2 aliphatic rings. The summed E-state index contributed by atoms with van der Waals surface area (Å²) in [7, 11) is 0. The number of carbonyl (C=O) groups excluding carboxylic acids is 1. The lowest BCUT2D eigenvalue weighted by Crippen LogP contribution is -2.58. The Kier molecular flexibility index (Phi) is 6.41. The predicted molar refractivity (Wildman–Crippen MR) is 140 cm³/mol. The fraction of sp³-hybridized carbons (Fsp3) is 0.346. The van der Waals surface area contributed by atoms with E-state index < -0.39 is 17.4 Å². The SMILES string of the molecule is C=CC(=O)N1C[C@H](C)N(c2nc(N3CC(N)C3)nc3c(F)c(-c4c(O)cccc4F)c(Cl)cc23)C[C@H]1C. The largest absolute Gasteiger partial charge is 0.507 e. The number of fused-ring (bicyclic) bond motifs is 1. The molecule has 2 aromatic carbocycles. The first-order valence-corrected chi connectivity index (χ1v) is 12.4. The van der Waals surface area contributed by atoms with Crippen molar-refractivity contribution in [2.45, 2.75) is 32.0 Å². The van der Waals surface area contributed by atoms with Crippen LogP contribution >= 0.6 is 11.6 Å². The van der Waals surface area contributed by atoms with Crippen LogP contribution in [0, 0.1) is 11.6 Å². The second-order valence-corrected chi connectivity index (χ2v) is 10.0. The third-order valence-corrected chi connectivity index (χ3v) is 7.30. The van der Waals surface area contributed by atoms with Crippen LogP contribution in [0.1, 0.15) is 13.8 Å². The van der Waals surface area contributed by atoms with Crippen molar-refractivity contribution in [3.63, 3.8) is 0 Å². The van der Waals surface area contributed by atoms with Gasteiger partial charge in [-0.3, -0.25) is 4.79 Å². The van der Waals surface area contributed by atoms with Gasteiger partial charge in [-0.05, 0) is 38.1 Å². The van der Waals surface area contributed by atoms with Crippen molar-refractivity contribution >= 4 is 40.2 Å². The minimum atomic E-state index is -0.862. The van der Waals surface area contributed by atoms with Gasteiger partial charge in [0.1, 0.15) is 22.9 Å². The van der Waals surface area contributed by atoms with E-state index in [4.69, 9.17) is 22.3 Å². The van der Waals surface area contributed by atoms with Crippen LogP contribution in [0.15, 0.2) is 36.9 Å². The molecule has 0 spiro atoms. The van der Waals surface area contributed by atoms with Gasteiger partial charge in [-0.2, -0.15) is 4.98 Å². The smallest absolute Gasteiger partial charge is 0.246 e. The normalized spacial score (nSPS) is 20.3. The first-order chi connectivity index (χ1) is 17.6. The van der Waals surface area contributed by atoms with Gasteiger partial charge in [0.25, 0.3) is 0 Å². The Balaban J connectivity index is 1.70. The number of nitrogens with zero attached hydrogens (tertiary/aromatic N) is 5. The fourth-order valence-electron chi connectivity index (χ4n) is 5.04. The van der Waals surface area contributed by atoms with Crippen LogP contribution in [0.25, 0.3) is 22.0 Å². The van der Waals surface area contributed by atoms with Gasteiger partial charge in [0.2, 0.25) is 11.9 Å². The highest BCUT2D eigenvalue weighted by molar-refractivity contribution is 6.34. The summed E-state index contributed by atoms with van der Waals surface area (Å²) in [5, 5.41) is 10.6. The molecular weight excluding hydrogens is 502 g/mol. The van der Waals surface area contributed by atoms with E-state index in [9.17, 15) is 14.3 Å². The molecule has 1 amide bonds. The zero-order valence-corrected chi connectivity index (χ0v) is 21.2. The van der Waals surface area contributed by atoms with Gasteiger partial charge >= 0.3 is 0 Å². The summed E-state index contributed by atoms with van der Waals surface area (Å²) < 4.78 is 30.9. The number of piperazine rings is 1. The Morgan fingerprint density at radius 2 is 1.89 bits per heavy atom. The van der Waals surface area contributed by atoms with Gasteiger partial charge < -0.3 is 25.5 Å². The zero-order chi connectivity index (χ0) is 26.6. The number of phenolic OH excluding ortho intramolecular Hbond substituents is 1. The van der Waals surface area contributed by atoms with Crippen molar-refractivity contribution in [2.75, 3.05) is 36.0 Å². The molecule has 3 aromatic rings. The number of benzene rings is 2. The lowest BCUT2D eigenvalue weighted by atomic mass is 10.00. The highest BCUT2D eigenvalue weighted by Gasteiger charge is 2.35. The number of anilines is 2. The molecule has 2 atom stereocenters. The van der Waals surface area contributed by atoms with Crippen LogP contribution < -0.4 is 15.5 Å². The Bertz CT molecular complexity index is 1390. The van der Waals surface area contributed by atoms with E-state index in [1.165, 1.54) is 24.3 Å². The van der Waals surface area contributed by atoms with Crippen molar-refractivity contribution in [3.05, 3.63) is 53.6 Å². The number of nitrogens with two attached hydrogens (primary N) is 1. The molecule has 0 saturated carbocycles. The Labute approximate surface area is 217 Å². The number of carbonyl (C=O) groups is 1. The van der Waals surface area contributed by atoms with Crippen LogP contribution in [-0.2, 0) is 4.79 Å². The summed E-state index contributed by atoms with van der Waals surface area (Å²) in [6.45, 7) is 9.33. The first kappa shape index (κ1) is 25.2. The van der Waals surface area contributed by atoms with E-state index in [2.05, 4.69) is 11.6 Å². The van der Waals surface area contributed by atoms with Crippen LogP contribution in [0.4, 0.5) is 20.5 Å². The van der Waals surface area contributed by atoms with E-state index in [1.807, 2.05) is 23.6 Å². The lowest BCUT2D eigenvalue weighted by molar-refractivity contribution is -0.128. The van der Waals surface area contributed by atoms with Gasteiger partial charge in [-0.1, -0.05) is 24.2 Å². The fourth-order valence-corrected chi connectivity index (χ4v) is 5.33. The molecule has 8 nitrogen and oxygen atoms in total. The Hall–Kier alpha value is -3.50. The Morgan fingerprint density at radius 1 is 1.16 bits per heavy atom. The number of halogens is 3. The van der Waals surface area contributed by atoms with Crippen LogP contribution in [-0.4, -0.2) is 70.2 Å². The average molecular weight is 529 g/mol. The summed E-state index contributed by atoms with van der Waals surface area (Å²) in [4.78, 5) is 27.2. The molecule has 2 aliphatic heterocycles. The summed E-state index contributed by atoms with van der Waals surface area (Å²) in [5.41, 5.74) is 5.31. The number of hydrogen-bond acceptors (Lipinski definition) is 7. The monoisotopic (exact) mass is 528 g/mol. The minimum absolute atomic E-state index is 0.0452. The van der Waals surface area contributed by atoms with Crippen LogP contribution in [0.5, 0.6) is 5.75 Å². The molecule has 1 aromatic heterocycles. The standard InChI is InChI=1S/C26H27ClF2N6O2/c1-4-20(37)34-9-14(3)35(10-13(34)2)25-16-8-17(27)21(22-18(28)6-5-7-19(22)36)23(29)24(16)31-26(32-25)33-11-15(30)12-33/h4-8,13-15,36H,1,9-12,30H2,2-3H3/t13-,14+/m1/s1. The van der Waals surface area contributed by atoms with E-state index >= 15 is 4.39 Å². The maximum atomic E-state index is 16.2. The molecule has 2 saturated heterocycles. The molecule has 5 rings (SSSR count). The molecule has 0 radical (unpaired) electrons. The first-order valence-electron chi connectivity index (χ1n) is 12.0. The van der Waals surface area contributed by atoms with E-state index in [0.29, 0.717) is 43.3 Å². The number of hydrogen-bond donors (Lipinski definition) is 2. The third-order valence-electron chi connectivity index (χ3n) is 7.00. The number of aromatic hydroxyl groups is 1. The van der Waals surface area contributed by atoms with E-state index in [1.54, 1.807) is 4.90 Å². The van der Waals surface area contributed by atoms with Crippen LogP contribution in [0.3, 0.4) is 0 Å². The second kappa shape index (κ2) is 9.42.